The van der Waals surface area contributed by atoms with Crippen LogP contribution in [0.4, 0.5) is 38.1 Å². The number of imidazole rings is 1. The summed E-state index contributed by atoms with van der Waals surface area (Å²) in [5.74, 6) is -1.37. The van der Waals surface area contributed by atoms with Crippen molar-refractivity contribution in [3.05, 3.63) is 59.4 Å². The Balaban J connectivity index is 1.68. The van der Waals surface area contributed by atoms with Crippen LogP contribution in [0, 0.1) is 0 Å². The maximum absolute atomic E-state index is 13.6. The van der Waals surface area contributed by atoms with E-state index in [1.807, 2.05) is 0 Å². The van der Waals surface area contributed by atoms with Gasteiger partial charge in [-0.2, -0.15) is 26.3 Å². The van der Waals surface area contributed by atoms with Crippen molar-refractivity contribution in [2.45, 2.75) is 44.8 Å². The lowest BCUT2D eigenvalue weighted by Gasteiger charge is -2.37. The fourth-order valence-electron chi connectivity index (χ4n) is 4.59. The smallest absolute Gasteiger partial charge is 0.419 e. The molecule has 0 aliphatic carbocycles. The van der Waals surface area contributed by atoms with E-state index >= 15 is 0 Å². The second kappa shape index (κ2) is 12.0. The van der Waals surface area contributed by atoms with Crippen molar-refractivity contribution in [2.24, 2.45) is 0 Å². The zero-order valence-electron chi connectivity index (χ0n) is 23.3. The number of carbonyl (C=O) groups is 1. The lowest BCUT2D eigenvalue weighted by Crippen LogP contribution is -2.48. The molecule has 42 heavy (non-hydrogen) atoms. The van der Waals surface area contributed by atoms with Gasteiger partial charge < -0.3 is 19.6 Å². The van der Waals surface area contributed by atoms with Crippen molar-refractivity contribution in [2.75, 3.05) is 42.6 Å². The molecule has 0 atom stereocenters. The average molecular weight is 616 g/mol. The molecule has 4 rings (SSSR count). The van der Waals surface area contributed by atoms with Crippen LogP contribution in [0.15, 0.2) is 42.6 Å². The predicted molar refractivity (Wildman–Crippen MR) is 147 cm³/mol. The van der Waals surface area contributed by atoms with Gasteiger partial charge in [-0.25, -0.2) is 14.8 Å². The van der Waals surface area contributed by atoms with Crippen LogP contribution in [-0.4, -0.2) is 66.5 Å². The first-order valence-corrected chi connectivity index (χ1v) is 16.9. The van der Waals surface area contributed by atoms with Gasteiger partial charge in [-0.05, 0) is 30.3 Å². The summed E-state index contributed by atoms with van der Waals surface area (Å²) in [6.45, 7) is 7.42. The quantitative estimate of drug-likeness (QED) is 0.171. The van der Waals surface area contributed by atoms with Crippen LogP contribution in [0.1, 0.15) is 21.6 Å². The van der Waals surface area contributed by atoms with Gasteiger partial charge in [0.2, 0.25) is 5.95 Å². The number of hydrogen-bond acceptors (Lipinski definition) is 6. The number of alkyl halides is 6. The summed E-state index contributed by atoms with van der Waals surface area (Å²) in [7, 11) is -1.47. The largest absolute Gasteiger partial charge is 0.476 e. The zero-order valence-corrected chi connectivity index (χ0v) is 24.3. The predicted octanol–water partition coefficient (Wildman–Crippen LogP) is 6.32. The molecule has 2 aromatic heterocycles. The average Bonchev–Trinajstić information content (AvgIpc) is 3.29. The van der Waals surface area contributed by atoms with Crippen LogP contribution in [0.5, 0.6) is 0 Å². The number of benzene rings is 1. The number of carboxylic acids is 1. The molecule has 3 aromatic rings. The second-order valence-corrected chi connectivity index (χ2v) is 16.7. The van der Waals surface area contributed by atoms with Crippen LogP contribution in [0.2, 0.25) is 25.7 Å². The van der Waals surface area contributed by atoms with E-state index < -0.39 is 37.5 Å². The standard InChI is InChI=1S/C27H31F6N5O3Si/c1-42(2,3)16-15-41-17-38-22(18-6-8-19(9-7-18)26(28,29)30)21(24(39)40)35-25(38)37-13-11-36(12-14-37)23-20(27(31,32)33)5-4-10-34-23/h4-10H,11-17H2,1-3H3,(H,39,40). The van der Waals surface area contributed by atoms with Gasteiger partial charge in [0.25, 0.3) is 0 Å². The number of piperazine rings is 1. The third-order valence-corrected chi connectivity index (χ3v) is 8.51. The number of ether oxygens (including phenoxy) is 1. The van der Waals surface area contributed by atoms with Crippen molar-refractivity contribution in [3.8, 4) is 11.3 Å². The molecule has 1 aliphatic heterocycles. The van der Waals surface area contributed by atoms with Gasteiger partial charge in [-0.15, -0.1) is 0 Å². The molecular weight excluding hydrogens is 584 g/mol. The summed E-state index contributed by atoms with van der Waals surface area (Å²) in [5.41, 5.74) is -1.83. The van der Waals surface area contributed by atoms with Crippen LogP contribution < -0.4 is 9.80 Å². The van der Waals surface area contributed by atoms with E-state index in [1.165, 1.54) is 33.9 Å². The first kappa shape index (κ1) is 31.3. The van der Waals surface area contributed by atoms with Gasteiger partial charge in [0, 0.05) is 52.6 Å². The van der Waals surface area contributed by atoms with Crippen molar-refractivity contribution < 1.29 is 41.0 Å². The Kier molecular flexibility index (Phi) is 8.92. The highest BCUT2D eigenvalue weighted by molar-refractivity contribution is 6.76. The number of aromatic nitrogens is 3. The molecule has 1 aliphatic rings. The molecule has 0 saturated carbocycles. The third-order valence-electron chi connectivity index (χ3n) is 6.81. The van der Waals surface area contributed by atoms with Crippen LogP contribution >= 0.6 is 0 Å². The van der Waals surface area contributed by atoms with E-state index in [9.17, 15) is 36.2 Å². The topological polar surface area (TPSA) is 83.7 Å². The van der Waals surface area contributed by atoms with Crippen molar-refractivity contribution in [1.82, 2.24) is 14.5 Å². The Morgan fingerprint density at radius 2 is 1.57 bits per heavy atom. The number of pyridine rings is 1. The Morgan fingerprint density at radius 3 is 2.12 bits per heavy atom. The van der Waals surface area contributed by atoms with Gasteiger partial charge in [0.15, 0.2) is 5.69 Å². The summed E-state index contributed by atoms with van der Waals surface area (Å²) in [6.07, 6.45) is -7.87. The molecule has 1 saturated heterocycles. The number of rotatable bonds is 9. The highest BCUT2D eigenvalue weighted by atomic mass is 28.3. The normalized spacial score (nSPS) is 14.9. The number of anilines is 2. The molecule has 228 valence electrons. The Bertz CT molecular complexity index is 1400. The van der Waals surface area contributed by atoms with E-state index in [0.29, 0.717) is 6.61 Å². The Hall–Kier alpha value is -3.59. The lowest BCUT2D eigenvalue weighted by atomic mass is 10.1. The van der Waals surface area contributed by atoms with Crippen molar-refractivity contribution in [3.63, 3.8) is 0 Å². The number of carboxylic acid groups (broad SMARTS) is 1. The molecule has 1 aromatic carbocycles. The molecule has 0 spiro atoms. The molecule has 0 unspecified atom stereocenters. The van der Waals surface area contributed by atoms with Gasteiger partial charge in [-0.3, -0.25) is 4.57 Å². The number of halogens is 6. The molecule has 3 heterocycles. The summed E-state index contributed by atoms with van der Waals surface area (Å²) in [5, 5.41) is 9.99. The van der Waals surface area contributed by atoms with Gasteiger partial charge in [-0.1, -0.05) is 31.8 Å². The minimum absolute atomic E-state index is 0.0748. The molecule has 0 radical (unpaired) electrons. The number of nitrogens with zero attached hydrogens (tertiary/aromatic N) is 5. The van der Waals surface area contributed by atoms with E-state index in [4.69, 9.17) is 4.74 Å². The molecule has 1 N–H and O–H groups in total. The summed E-state index contributed by atoms with van der Waals surface area (Å²) < 4.78 is 87.7. The molecule has 1 fully saturated rings. The van der Waals surface area contributed by atoms with Crippen LogP contribution in [0.3, 0.4) is 0 Å². The molecular formula is C27H31F6N5O3Si. The maximum Gasteiger partial charge on any atom is 0.419 e. The van der Waals surface area contributed by atoms with Gasteiger partial charge in [0.05, 0.1) is 16.8 Å². The Labute approximate surface area is 239 Å². The SMILES string of the molecule is C[Si](C)(C)CCOCn1c(N2CCN(c3ncccc3C(F)(F)F)CC2)nc(C(=O)O)c1-c1ccc(C(F)(F)F)cc1. The minimum atomic E-state index is -4.59. The van der Waals surface area contributed by atoms with E-state index in [1.54, 1.807) is 4.90 Å². The highest BCUT2D eigenvalue weighted by Gasteiger charge is 2.37. The first-order valence-electron chi connectivity index (χ1n) is 13.2. The third kappa shape index (κ3) is 7.24. The lowest BCUT2D eigenvalue weighted by molar-refractivity contribution is -0.138. The fourth-order valence-corrected chi connectivity index (χ4v) is 5.34. The Morgan fingerprint density at radius 1 is 0.952 bits per heavy atom. The van der Waals surface area contributed by atoms with Crippen LogP contribution in [0.25, 0.3) is 11.3 Å². The van der Waals surface area contributed by atoms with E-state index in [-0.39, 0.29) is 61.6 Å². The van der Waals surface area contributed by atoms with E-state index in [0.717, 1.165) is 24.2 Å². The summed E-state index contributed by atoms with van der Waals surface area (Å²) >= 11 is 0. The van der Waals surface area contributed by atoms with Gasteiger partial charge >= 0.3 is 18.3 Å². The monoisotopic (exact) mass is 615 g/mol. The second-order valence-electron chi connectivity index (χ2n) is 11.1. The number of aromatic carboxylic acids is 1. The zero-order chi connectivity index (χ0) is 30.9. The maximum atomic E-state index is 13.6. The van der Waals surface area contributed by atoms with E-state index in [2.05, 4.69) is 29.6 Å². The van der Waals surface area contributed by atoms with Crippen molar-refractivity contribution >= 4 is 25.8 Å². The minimum Gasteiger partial charge on any atom is -0.476 e. The molecule has 8 nitrogen and oxygen atoms in total. The van der Waals surface area contributed by atoms with Crippen molar-refractivity contribution in [1.29, 1.82) is 0 Å². The first-order chi connectivity index (χ1) is 19.6. The highest BCUT2D eigenvalue weighted by Crippen LogP contribution is 2.37. The van der Waals surface area contributed by atoms with Crippen LogP contribution in [-0.2, 0) is 23.8 Å². The van der Waals surface area contributed by atoms with Gasteiger partial charge in [0.1, 0.15) is 12.5 Å². The number of hydrogen-bond donors (Lipinski definition) is 1. The molecule has 0 amide bonds. The molecule has 15 heteroatoms. The summed E-state index contributed by atoms with van der Waals surface area (Å²) in [6, 6.07) is 7.12. The summed E-state index contributed by atoms with van der Waals surface area (Å²) in [4.78, 5) is 23.8. The molecule has 0 bridgehead atoms. The fraction of sp³-hybridized carbons (Fsp3) is 0.444.